The highest BCUT2D eigenvalue weighted by Gasteiger charge is 2.15. The summed E-state index contributed by atoms with van der Waals surface area (Å²) < 4.78 is 0. The number of nitrogens with one attached hydrogen (secondary N) is 2. The van der Waals surface area contributed by atoms with Gasteiger partial charge in [-0.3, -0.25) is 10.1 Å². The van der Waals surface area contributed by atoms with E-state index in [1.54, 1.807) is 6.20 Å². The number of aromatic amines is 1. The molecule has 29 heavy (non-hydrogen) atoms. The molecule has 0 fully saturated rings. The van der Waals surface area contributed by atoms with Gasteiger partial charge >= 0.3 is 0 Å². The van der Waals surface area contributed by atoms with Crippen molar-refractivity contribution in [2.24, 2.45) is 0 Å². The number of hydrogen-bond acceptors (Lipinski definition) is 6. The molecule has 0 spiro atoms. The fourth-order valence-corrected chi connectivity index (χ4v) is 3.27. The molecule has 0 saturated heterocycles. The van der Waals surface area contributed by atoms with E-state index in [1.165, 1.54) is 0 Å². The van der Waals surface area contributed by atoms with Crippen LogP contribution in [0.3, 0.4) is 0 Å². The summed E-state index contributed by atoms with van der Waals surface area (Å²) in [5.41, 5.74) is 1.57. The smallest absolute Gasteiger partial charge is 0.247 e. The van der Waals surface area contributed by atoms with E-state index in [1.807, 2.05) is 48.5 Å². The van der Waals surface area contributed by atoms with Crippen molar-refractivity contribution in [2.45, 2.75) is 19.8 Å². The number of rotatable bonds is 4. The molecule has 7 nitrogen and oxygen atoms in total. The summed E-state index contributed by atoms with van der Waals surface area (Å²) in [5.74, 6) is 2.77. The lowest BCUT2D eigenvalue weighted by Crippen LogP contribution is -2.01. The molecule has 0 aliphatic rings. The van der Waals surface area contributed by atoms with Crippen LogP contribution in [0.5, 0.6) is 0 Å². The van der Waals surface area contributed by atoms with Crippen molar-refractivity contribution in [3.8, 4) is 11.5 Å². The average molecular weight is 381 g/mol. The summed E-state index contributed by atoms with van der Waals surface area (Å²) in [7, 11) is 0. The first-order valence-corrected chi connectivity index (χ1v) is 9.49. The van der Waals surface area contributed by atoms with Gasteiger partial charge in [0, 0.05) is 22.9 Å². The van der Waals surface area contributed by atoms with Crippen LogP contribution in [0.15, 0.2) is 60.8 Å². The number of H-pyrrole nitrogens is 1. The predicted molar refractivity (Wildman–Crippen MR) is 114 cm³/mol. The van der Waals surface area contributed by atoms with E-state index in [4.69, 9.17) is 9.97 Å². The van der Waals surface area contributed by atoms with Gasteiger partial charge < -0.3 is 5.32 Å². The average Bonchev–Trinajstić information content (AvgIpc) is 3.22. The SMILES string of the molecule is CC(C)c1nc(Nc2nc(-c3nccc4ccccc34)nc3ccccc23)n[nH]1. The molecular weight excluding hydrogens is 362 g/mol. The van der Waals surface area contributed by atoms with E-state index < -0.39 is 0 Å². The first kappa shape index (κ1) is 17.2. The first-order chi connectivity index (χ1) is 14.2. The molecule has 3 aromatic heterocycles. The third-order valence-electron chi connectivity index (χ3n) is 4.77. The van der Waals surface area contributed by atoms with Crippen LogP contribution in [0.1, 0.15) is 25.6 Å². The summed E-state index contributed by atoms with van der Waals surface area (Å²) in [6.07, 6.45) is 1.79. The Balaban J connectivity index is 1.67. The van der Waals surface area contributed by atoms with Crippen molar-refractivity contribution in [2.75, 3.05) is 5.32 Å². The molecule has 0 unspecified atom stereocenters. The largest absolute Gasteiger partial charge is 0.307 e. The summed E-state index contributed by atoms with van der Waals surface area (Å²) >= 11 is 0. The van der Waals surface area contributed by atoms with Crippen LogP contribution in [0.4, 0.5) is 11.8 Å². The molecule has 142 valence electrons. The molecule has 0 aliphatic heterocycles. The molecule has 3 heterocycles. The van der Waals surface area contributed by atoms with E-state index in [0.29, 0.717) is 17.6 Å². The van der Waals surface area contributed by atoms with Gasteiger partial charge in [-0.05, 0) is 23.6 Å². The number of para-hydroxylation sites is 1. The minimum atomic E-state index is 0.260. The normalized spacial score (nSPS) is 11.4. The van der Waals surface area contributed by atoms with Gasteiger partial charge in [0.05, 0.1) is 5.52 Å². The monoisotopic (exact) mass is 381 g/mol. The highest BCUT2D eigenvalue weighted by molar-refractivity contribution is 5.96. The zero-order chi connectivity index (χ0) is 19.8. The van der Waals surface area contributed by atoms with Gasteiger partial charge in [-0.2, -0.15) is 4.98 Å². The Kier molecular flexibility index (Phi) is 4.13. The Morgan fingerprint density at radius 2 is 1.66 bits per heavy atom. The maximum atomic E-state index is 4.79. The lowest BCUT2D eigenvalue weighted by atomic mass is 10.1. The Morgan fingerprint density at radius 1 is 0.862 bits per heavy atom. The molecule has 0 bridgehead atoms. The van der Waals surface area contributed by atoms with Crippen LogP contribution in [0.2, 0.25) is 0 Å². The first-order valence-electron chi connectivity index (χ1n) is 9.49. The van der Waals surface area contributed by atoms with Crippen LogP contribution in [-0.2, 0) is 0 Å². The maximum Gasteiger partial charge on any atom is 0.247 e. The van der Waals surface area contributed by atoms with Gasteiger partial charge in [0.2, 0.25) is 5.95 Å². The quantitative estimate of drug-likeness (QED) is 0.463. The number of hydrogen-bond donors (Lipinski definition) is 2. The molecule has 2 aromatic carbocycles. The zero-order valence-electron chi connectivity index (χ0n) is 16.1. The lowest BCUT2D eigenvalue weighted by Gasteiger charge is -2.10. The number of nitrogens with zero attached hydrogens (tertiary/aromatic N) is 5. The Morgan fingerprint density at radius 3 is 2.48 bits per heavy atom. The zero-order valence-corrected chi connectivity index (χ0v) is 16.1. The van der Waals surface area contributed by atoms with Crippen LogP contribution in [0, 0.1) is 0 Å². The van der Waals surface area contributed by atoms with Gasteiger partial charge in [-0.1, -0.05) is 50.2 Å². The third-order valence-corrected chi connectivity index (χ3v) is 4.77. The highest BCUT2D eigenvalue weighted by Crippen LogP contribution is 2.29. The second kappa shape index (κ2) is 6.94. The molecular formula is C22H19N7. The van der Waals surface area contributed by atoms with E-state index in [9.17, 15) is 0 Å². The molecule has 5 rings (SSSR count). The Labute approximate surface area is 167 Å². The molecule has 0 aliphatic carbocycles. The van der Waals surface area contributed by atoms with Gasteiger partial charge in [0.15, 0.2) is 5.82 Å². The van der Waals surface area contributed by atoms with Crippen molar-refractivity contribution in [1.82, 2.24) is 30.1 Å². The summed E-state index contributed by atoms with van der Waals surface area (Å²) in [6.45, 7) is 4.13. The van der Waals surface area contributed by atoms with Crippen molar-refractivity contribution in [3.63, 3.8) is 0 Å². The summed E-state index contributed by atoms with van der Waals surface area (Å²) in [4.78, 5) is 18.6. The van der Waals surface area contributed by atoms with Crippen molar-refractivity contribution >= 4 is 33.4 Å². The fraction of sp³-hybridized carbons (Fsp3) is 0.136. The second-order valence-corrected chi connectivity index (χ2v) is 7.12. The second-order valence-electron chi connectivity index (χ2n) is 7.12. The third kappa shape index (κ3) is 3.16. The van der Waals surface area contributed by atoms with Crippen molar-refractivity contribution < 1.29 is 0 Å². The number of anilines is 2. The van der Waals surface area contributed by atoms with Gasteiger partial charge in [-0.25, -0.2) is 9.97 Å². The lowest BCUT2D eigenvalue weighted by molar-refractivity contribution is 0.781. The fourth-order valence-electron chi connectivity index (χ4n) is 3.27. The maximum absolute atomic E-state index is 4.79. The standard InChI is InChI=1S/C22H19N7/c1-13(2)19-26-22(29-28-19)27-20-16-9-5-6-10-17(16)24-21(25-20)18-15-8-4-3-7-14(15)11-12-23-18/h3-13H,1-2H3,(H2,24,25,26,27,28,29). The summed E-state index contributed by atoms with van der Waals surface area (Å²) in [5, 5.41) is 13.5. The molecule has 0 radical (unpaired) electrons. The number of pyridine rings is 1. The molecule has 5 aromatic rings. The minimum Gasteiger partial charge on any atom is -0.307 e. The van der Waals surface area contributed by atoms with E-state index in [0.717, 1.165) is 33.2 Å². The summed E-state index contributed by atoms with van der Waals surface area (Å²) in [6, 6.07) is 18.0. The van der Waals surface area contributed by atoms with Crippen LogP contribution >= 0.6 is 0 Å². The minimum absolute atomic E-state index is 0.260. The topological polar surface area (TPSA) is 92.3 Å². The molecule has 0 atom stereocenters. The predicted octanol–water partition coefficient (Wildman–Crippen LogP) is 4.83. The number of benzene rings is 2. The van der Waals surface area contributed by atoms with Gasteiger partial charge in [0.25, 0.3) is 0 Å². The highest BCUT2D eigenvalue weighted by atomic mass is 15.3. The molecule has 7 heteroatoms. The van der Waals surface area contributed by atoms with Crippen LogP contribution < -0.4 is 5.32 Å². The van der Waals surface area contributed by atoms with Gasteiger partial charge in [-0.15, -0.1) is 5.10 Å². The van der Waals surface area contributed by atoms with E-state index in [-0.39, 0.29) is 5.92 Å². The van der Waals surface area contributed by atoms with Crippen molar-refractivity contribution in [3.05, 3.63) is 66.6 Å². The van der Waals surface area contributed by atoms with Crippen molar-refractivity contribution in [1.29, 1.82) is 0 Å². The van der Waals surface area contributed by atoms with E-state index in [2.05, 4.69) is 45.4 Å². The Bertz CT molecular complexity index is 1320. The van der Waals surface area contributed by atoms with Gasteiger partial charge in [0.1, 0.15) is 17.3 Å². The van der Waals surface area contributed by atoms with E-state index >= 15 is 0 Å². The molecule has 0 saturated carbocycles. The number of fused-ring (bicyclic) bond motifs is 2. The molecule has 0 amide bonds. The van der Waals surface area contributed by atoms with Crippen LogP contribution in [0.25, 0.3) is 33.2 Å². The number of aromatic nitrogens is 6. The van der Waals surface area contributed by atoms with Crippen LogP contribution in [-0.4, -0.2) is 30.1 Å². The Hall–Kier alpha value is -3.87. The molecule has 2 N–H and O–H groups in total.